The first kappa shape index (κ1) is 30.0. The molecule has 0 fully saturated rings. The van der Waals surface area contributed by atoms with Gasteiger partial charge in [0.1, 0.15) is 11.6 Å². The van der Waals surface area contributed by atoms with E-state index < -0.39 is 53.1 Å². The van der Waals surface area contributed by atoms with Crippen molar-refractivity contribution in [2.45, 2.75) is 37.6 Å². The zero-order chi connectivity index (χ0) is 30.2. The Kier molecular flexibility index (Phi) is 8.16. The number of halogens is 9. The number of ether oxygens (including phenoxy) is 1. The number of alkyl halides is 7. The summed E-state index contributed by atoms with van der Waals surface area (Å²) >= 11 is 0.575. The molecule has 0 aliphatic rings. The standard InChI is InChI=1S/C27H19F9N2O2S/c1-14-22(26(32,33)34)37-24(41-14)38-25(13-15-5-3-2-4-6-15,16-7-8-20(29)21(39)11-16)17-9-18(28)12-19(10-17)40-27(35,36)23(30)31/h2-12,23,39H,13H2,1H3,(H,37,38)/t25-/m0/s1. The van der Waals surface area contributed by atoms with E-state index in [1.807, 2.05) is 0 Å². The largest absolute Gasteiger partial charge is 0.505 e. The zero-order valence-corrected chi connectivity index (χ0v) is 21.6. The monoisotopic (exact) mass is 606 g/mol. The fourth-order valence-electron chi connectivity index (χ4n) is 4.20. The minimum Gasteiger partial charge on any atom is -0.505 e. The first-order valence-corrected chi connectivity index (χ1v) is 12.4. The van der Waals surface area contributed by atoms with E-state index in [1.165, 1.54) is 0 Å². The van der Waals surface area contributed by atoms with Crippen LogP contribution in [0, 0.1) is 18.6 Å². The summed E-state index contributed by atoms with van der Waals surface area (Å²) in [6.45, 7) is 1.16. The molecule has 4 rings (SSSR count). The van der Waals surface area contributed by atoms with Gasteiger partial charge in [0.2, 0.25) is 0 Å². The van der Waals surface area contributed by atoms with Gasteiger partial charge in [-0.3, -0.25) is 0 Å². The van der Waals surface area contributed by atoms with E-state index >= 15 is 0 Å². The number of aryl methyl sites for hydroxylation is 1. The molecule has 1 atom stereocenters. The molecular weight excluding hydrogens is 587 g/mol. The average molecular weight is 607 g/mol. The Labute approximate surface area is 231 Å². The minimum atomic E-state index is -5.01. The highest BCUT2D eigenvalue weighted by molar-refractivity contribution is 7.15. The van der Waals surface area contributed by atoms with Gasteiger partial charge in [0, 0.05) is 17.4 Å². The van der Waals surface area contributed by atoms with Crippen LogP contribution in [0.2, 0.25) is 0 Å². The fourth-order valence-corrected chi connectivity index (χ4v) is 5.11. The number of benzene rings is 3. The summed E-state index contributed by atoms with van der Waals surface area (Å²) in [5, 5.41) is 12.6. The van der Waals surface area contributed by atoms with Crippen molar-refractivity contribution in [1.82, 2.24) is 4.98 Å². The number of aromatic hydroxyl groups is 1. The van der Waals surface area contributed by atoms with Crippen LogP contribution >= 0.6 is 11.3 Å². The Bertz CT molecular complexity index is 1530. The van der Waals surface area contributed by atoms with Gasteiger partial charge in [-0.2, -0.15) is 30.7 Å². The molecule has 4 nitrogen and oxygen atoms in total. The molecule has 0 amide bonds. The number of hydrogen-bond acceptors (Lipinski definition) is 5. The topological polar surface area (TPSA) is 54.4 Å². The summed E-state index contributed by atoms with van der Waals surface area (Å²) in [5.41, 5.74) is -3.05. The SMILES string of the molecule is Cc1sc(N[C@](Cc2ccccc2)(c2cc(F)cc(OC(F)(F)C(F)F)c2)c2ccc(F)c(O)c2)nc1C(F)(F)F. The van der Waals surface area contributed by atoms with Crippen molar-refractivity contribution < 1.29 is 49.4 Å². The molecule has 3 aromatic carbocycles. The van der Waals surface area contributed by atoms with Crippen LogP contribution in [0.15, 0.2) is 66.7 Å². The Morgan fingerprint density at radius 3 is 2.20 bits per heavy atom. The van der Waals surface area contributed by atoms with Gasteiger partial charge >= 0.3 is 18.7 Å². The number of thiazole rings is 1. The number of hydrogen-bond donors (Lipinski definition) is 2. The number of rotatable bonds is 9. The lowest BCUT2D eigenvalue weighted by Crippen LogP contribution is -2.39. The van der Waals surface area contributed by atoms with E-state index in [0.717, 1.165) is 37.3 Å². The molecule has 4 aromatic rings. The van der Waals surface area contributed by atoms with Crippen LogP contribution in [0.25, 0.3) is 0 Å². The predicted octanol–water partition coefficient (Wildman–Crippen LogP) is 8.29. The van der Waals surface area contributed by atoms with Crippen LogP contribution in [0.3, 0.4) is 0 Å². The Morgan fingerprint density at radius 1 is 0.927 bits per heavy atom. The second-order valence-corrected chi connectivity index (χ2v) is 10.1. The lowest BCUT2D eigenvalue weighted by atomic mass is 9.77. The summed E-state index contributed by atoms with van der Waals surface area (Å²) in [4.78, 5) is 3.39. The normalized spacial score (nSPS) is 13.7. The fraction of sp³-hybridized carbons (Fsp3) is 0.222. The highest BCUT2D eigenvalue weighted by Crippen LogP contribution is 2.43. The van der Waals surface area contributed by atoms with Gasteiger partial charge in [-0.1, -0.05) is 36.4 Å². The summed E-state index contributed by atoms with van der Waals surface area (Å²) in [6.07, 6.45) is -14.4. The molecule has 2 N–H and O–H groups in total. The van der Waals surface area contributed by atoms with Crippen LogP contribution in [0.4, 0.5) is 44.6 Å². The van der Waals surface area contributed by atoms with Gasteiger partial charge in [0.05, 0.1) is 5.54 Å². The van der Waals surface area contributed by atoms with E-state index in [4.69, 9.17) is 0 Å². The third-order valence-electron chi connectivity index (χ3n) is 6.01. The molecule has 0 saturated carbocycles. The van der Waals surface area contributed by atoms with Crippen molar-refractivity contribution in [2.75, 3.05) is 5.32 Å². The van der Waals surface area contributed by atoms with Gasteiger partial charge < -0.3 is 15.2 Å². The van der Waals surface area contributed by atoms with Crippen LogP contribution in [0.5, 0.6) is 11.5 Å². The second-order valence-electron chi connectivity index (χ2n) is 8.92. The number of nitrogens with zero attached hydrogens (tertiary/aromatic N) is 1. The van der Waals surface area contributed by atoms with E-state index in [-0.39, 0.29) is 27.6 Å². The highest BCUT2D eigenvalue weighted by Gasteiger charge is 2.45. The molecule has 41 heavy (non-hydrogen) atoms. The first-order valence-electron chi connectivity index (χ1n) is 11.6. The number of phenols is 1. The van der Waals surface area contributed by atoms with Crippen molar-refractivity contribution in [1.29, 1.82) is 0 Å². The van der Waals surface area contributed by atoms with Crippen LogP contribution < -0.4 is 10.1 Å². The highest BCUT2D eigenvalue weighted by atomic mass is 32.1. The van der Waals surface area contributed by atoms with Gasteiger partial charge in [0.15, 0.2) is 22.4 Å². The lowest BCUT2D eigenvalue weighted by Gasteiger charge is -2.37. The zero-order valence-electron chi connectivity index (χ0n) is 20.7. The average Bonchev–Trinajstić information content (AvgIpc) is 3.25. The molecule has 0 bridgehead atoms. The van der Waals surface area contributed by atoms with Crippen molar-refractivity contribution in [3.05, 3.63) is 106 Å². The number of phenolic OH excluding ortho intramolecular Hbond substituents is 1. The van der Waals surface area contributed by atoms with E-state index in [9.17, 15) is 44.6 Å². The van der Waals surface area contributed by atoms with Gasteiger partial charge in [-0.15, -0.1) is 11.3 Å². The van der Waals surface area contributed by atoms with Crippen molar-refractivity contribution in [3.63, 3.8) is 0 Å². The maximum Gasteiger partial charge on any atom is 0.461 e. The number of nitrogens with one attached hydrogen (secondary N) is 1. The molecule has 0 aliphatic heterocycles. The van der Waals surface area contributed by atoms with Crippen molar-refractivity contribution >= 4 is 16.5 Å². The summed E-state index contributed by atoms with van der Waals surface area (Å²) < 4.78 is 127. The van der Waals surface area contributed by atoms with Crippen LogP contribution in [0.1, 0.15) is 27.3 Å². The van der Waals surface area contributed by atoms with Gasteiger partial charge in [-0.05, 0) is 47.9 Å². The molecule has 14 heteroatoms. The maximum absolute atomic E-state index is 14.9. The summed E-state index contributed by atoms with van der Waals surface area (Å²) in [6, 6.07) is 13.0. The molecular formula is C27H19F9N2O2S. The molecule has 0 spiro atoms. The molecule has 0 radical (unpaired) electrons. The van der Waals surface area contributed by atoms with Crippen molar-refractivity contribution in [3.8, 4) is 11.5 Å². The Balaban J connectivity index is 2.00. The molecule has 0 unspecified atom stereocenters. The van der Waals surface area contributed by atoms with Gasteiger partial charge in [-0.25, -0.2) is 13.8 Å². The second kappa shape index (κ2) is 11.1. The smallest absolute Gasteiger partial charge is 0.461 e. The quantitative estimate of drug-likeness (QED) is 0.188. The van der Waals surface area contributed by atoms with Crippen molar-refractivity contribution in [2.24, 2.45) is 0 Å². The van der Waals surface area contributed by atoms with Crippen LogP contribution in [-0.2, 0) is 18.1 Å². The third-order valence-corrected chi connectivity index (χ3v) is 6.89. The first-order chi connectivity index (χ1) is 19.1. The van der Waals surface area contributed by atoms with E-state index in [1.54, 1.807) is 30.3 Å². The predicted molar refractivity (Wildman–Crippen MR) is 132 cm³/mol. The third kappa shape index (κ3) is 6.53. The number of anilines is 1. The van der Waals surface area contributed by atoms with Gasteiger partial charge in [0.25, 0.3) is 0 Å². The Hall–Kier alpha value is -3.94. The molecule has 0 saturated heterocycles. The molecule has 218 valence electrons. The minimum absolute atomic E-state index is 0.0566. The summed E-state index contributed by atoms with van der Waals surface area (Å²) in [7, 11) is 0. The molecule has 0 aliphatic carbocycles. The molecule has 1 heterocycles. The number of aromatic nitrogens is 1. The van der Waals surface area contributed by atoms with E-state index in [2.05, 4.69) is 15.0 Å². The molecule has 1 aromatic heterocycles. The maximum atomic E-state index is 14.9. The van der Waals surface area contributed by atoms with E-state index in [0.29, 0.717) is 23.0 Å². The Morgan fingerprint density at radius 2 is 1.61 bits per heavy atom. The van der Waals surface area contributed by atoms with Crippen LogP contribution in [-0.4, -0.2) is 22.6 Å². The lowest BCUT2D eigenvalue weighted by molar-refractivity contribution is -0.253. The summed E-state index contributed by atoms with van der Waals surface area (Å²) in [5.74, 6) is -4.20.